The number of fused-ring (bicyclic) bond motifs is 1. The van der Waals surface area contributed by atoms with Crippen molar-refractivity contribution < 1.29 is 23.9 Å². The molecule has 0 aromatic heterocycles. The number of ether oxygens (including phenoxy) is 3. The lowest BCUT2D eigenvalue weighted by atomic mass is 10.1. The minimum Gasteiger partial charge on any atom is -0.496 e. The van der Waals surface area contributed by atoms with Gasteiger partial charge in [0, 0.05) is 12.1 Å². The fourth-order valence-corrected chi connectivity index (χ4v) is 2.21. The Labute approximate surface area is 142 Å². The maximum atomic E-state index is 12.2. The largest absolute Gasteiger partial charge is 0.496 e. The molecule has 2 aromatic rings. The number of hydrazone groups is 1. The van der Waals surface area contributed by atoms with Crippen molar-refractivity contribution in [2.24, 2.45) is 5.10 Å². The number of nitro benzene ring substituents is 1. The maximum absolute atomic E-state index is 12.2. The van der Waals surface area contributed by atoms with E-state index in [0.717, 1.165) is 6.07 Å². The van der Waals surface area contributed by atoms with Crippen LogP contribution in [-0.4, -0.2) is 30.9 Å². The molecule has 25 heavy (non-hydrogen) atoms. The van der Waals surface area contributed by atoms with E-state index >= 15 is 0 Å². The third-order valence-electron chi connectivity index (χ3n) is 3.41. The van der Waals surface area contributed by atoms with E-state index in [-0.39, 0.29) is 23.8 Å². The Morgan fingerprint density at radius 2 is 2.08 bits per heavy atom. The molecule has 128 valence electrons. The standard InChI is InChI=1S/C16H13N3O6/c1-23-13-5-3-11(19(21)22)7-12(13)16(20)18-17-8-10-2-4-14-15(6-10)25-9-24-14/h2-8H,9H2,1H3,(H,18,20)/b17-8-. The molecule has 1 amide bonds. The Morgan fingerprint density at radius 3 is 2.84 bits per heavy atom. The van der Waals surface area contributed by atoms with Crippen molar-refractivity contribution in [3.05, 3.63) is 57.6 Å². The summed E-state index contributed by atoms with van der Waals surface area (Å²) in [5.41, 5.74) is 2.80. The summed E-state index contributed by atoms with van der Waals surface area (Å²) >= 11 is 0. The molecule has 0 atom stereocenters. The third kappa shape index (κ3) is 3.50. The maximum Gasteiger partial charge on any atom is 0.275 e. The molecule has 0 fully saturated rings. The van der Waals surface area contributed by atoms with Gasteiger partial charge in [0.25, 0.3) is 11.6 Å². The van der Waals surface area contributed by atoms with Crippen LogP contribution in [0, 0.1) is 10.1 Å². The van der Waals surface area contributed by atoms with Gasteiger partial charge >= 0.3 is 0 Å². The molecule has 2 aromatic carbocycles. The number of amides is 1. The molecule has 1 aliphatic rings. The quantitative estimate of drug-likeness (QED) is 0.505. The number of nitro groups is 1. The highest BCUT2D eigenvalue weighted by Gasteiger charge is 2.17. The van der Waals surface area contributed by atoms with Crippen molar-refractivity contribution in [3.63, 3.8) is 0 Å². The second-order valence-corrected chi connectivity index (χ2v) is 4.95. The molecule has 0 spiro atoms. The van der Waals surface area contributed by atoms with Crippen LogP contribution in [0.3, 0.4) is 0 Å². The minimum atomic E-state index is -0.627. The molecule has 0 aliphatic carbocycles. The van der Waals surface area contributed by atoms with Crippen LogP contribution in [0.15, 0.2) is 41.5 Å². The molecule has 3 rings (SSSR count). The molecule has 1 heterocycles. The normalized spacial score (nSPS) is 12.2. The summed E-state index contributed by atoms with van der Waals surface area (Å²) in [5, 5.41) is 14.7. The van der Waals surface area contributed by atoms with Crippen LogP contribution in [0.2, 0.25) is 0 Å². The van der Waals surface area contributed by atoms with Gasteiger partial charge < -0.3 is 14.2 Å². The monoisotopic (exact) mass is 343 g/mol. The second kappa shape index (κ2) is 6.87. The molecular weight excluding hydrogens is 330 g/mol. The Hall–Kier alpha value is -3.62. The lowest BCUT2D eigenvalue weighted by molar-refractivity contribution is -0.384. The summed E-state index contributed by atoms with van der Waals surface area (Å²) in [6.45, 7) is 0.166. The van der Waals surface area contributed by atoms with E-state index in [1.54, 1.807) is 18.2 Å². The topological polar surface area (TPSA) is 112 Å². The van der Waals surface area contributed by atoms with Gasteiger partial charge in [0.2, 0.25) is 6.79 Å². The van der Waals surface area contributed by atoms with Crippen molar-refractivity contribution in [1.29, 1.82) is 0 Å². The summed E-state index contributed by atoms with van der Waals surface area (Å²) in [6.07, 6.45) is 1.42. The number of carbonyl (C=O) groups excluding carboxylic acids is 1. The first-order valence-electron chi connectivity index (χ1n) is 7.14. The van der Waals surface area contributed by atoms with E-state index < -0.39 is 10.8 Å². The molecule has 0 saturated carbocycles. The molecule has 1 aliphatic heterocycles. The Balaban J connectivity index is 1.74. The molecular formula is C16H13N3O6. The first kappa shape index (κ1) is 16.2. The van der Waals surface area contributed by atoms with Crippen molar-refractivity contribution in [2.45, 2.75) is 0 Å². The van der Waals surface area contributed by atoms with Gasteiger partial charge in [-0.15, -0.1) is 0 Å². The first-order chi connectivity index (χ1) is 12.1. The van der Waals surface area contributed by atoms with Gasteiger partial charge in [0.05, 0.1) is 23.8 Å². The summed E-state index contributed by atoms with van der Waals surface area (Å²) in [6, 6.07) is 8.93. The number of non-ortho nitro benzene ring substituents is 1. The molecule has 0 bridgehead atoms. The summed E-state index contributed by atoms with van der Waals surface area (Å²) < 4.78 is 15.5. The van der Waals surface area contributed by atoms with Crippen molar-refractivity contribution in [2.75, 3.05) is 13.9 Å². The van der Waals surface area contributed by atoms with Crippen LogP contribution < -0.4 is 19.6 Å². The van der Waals surface area contributed by atoms with Crippen LogP contribution in [0.25, 0.3) is 0 Å². The van der Waals surface area contributed by atoms with E-state index in [1.807, 2.05) is 0 Å². The number of rotatable bonds is 5. The second-order valence-electron chi connectivity index (χ2n) is 4.95. The fraction of sp³-hybridized carbons (Fsp3) is 0.125. The van der Waals surface area contributed by atoms with Crippen molar-refractivity contribution in [1.82, 2.24) is 5.43 Å². The van der Waals surface area contributed by atoms with Crippen molar-refractivity contribution in [3.8, 4) is 17.2 Å². The number of benzene rings is 2. The highest BCUT2D eigenvalue weighted by molar-refractivity contribution is 5.98. The number of nitrogens with one attached hydrogen (secondary N) is 1. The number of hydrogen-bond acceptors (Lipinski definition) is 7. The van der Waals surface area contributed by atoms with Gasteiger partial charge in [-0.25, -0.2) is 5.43 Å². The predicted octanol–water partition coefficient (Wildman–Crippen LogP) is 2.10. The molecule has 0 radical (unpaired) electrons. The van der Waals surface area contributed by atoms with E-state index in [2.05, 4.69) is 10.5 Å². The van der Waals surface area contributed by atoms with E-state index in [1.165, 1.54) is 25.5 Å². The summed E-state index contributed by atoms with van der Waals surface area (Å²) in [4.78, 5) is 22.5. The molecule has 0 saturated heterocycles. The third-order valence-corrected chi connectivity index (χ3v) is 3.41. The average molecular weight is 343 g/mol. The minimum absolute atomic E-state index is 0.0135. The van der Waals surface area contributed by atoms with Crippen LogP contribution in [-0.2, 0) is 0 Å². The fourth-order valence-electron chi connectivity index (χ4n) is 2.21. The predicted molar refractivity (Wildman–Crippen MR) is 87.3 cm³/mol. The summed E-state index contributed by atoms with van der Waals surface area (Å²) in [5.74, 6) is 0.817. The Bertz CT molecular complexity index is 865. The zero-order valence-corrected chi connectivity index (χ0v) is 13.1. The zero-order chi connectivity index (χ0) is 17.8. The van der Waals surface area contributed by atoms with E-state index in [4.69, 9.17) is 14.2 Å². The molecule has 1 N–H and O–H groups in total. The SMILES string of the molecule is COc1ccc([N+](=O)[O-])cc1C(=O)N/N=C\c1ccc2c(c1)OCO2. The van der Waals surface area contributed by atoms with Crippen molar-refractivity contribution >= 4 is 17.8 Å². The smallest absolute Gasteiger partial charge is 0.275 e. The number of carbonyl (C=O) groups is 1. The van der Waals surface area contributed by atoms with Gasteiger partial charge in [0.15, 0.2) is 11.5 Å². The van der Waals surface area contributed by atoms with Gasteiger partial charge in [0.1, 0.15) is 5.75 Å². The van der Waals surface area contributed by atoms with E-state index in [0.29, 0.717) is 17.1 Å². The van der Waals surface area contributed by atoms with Crippen LogP contribution in [0.4, 0.5) is 5.69 Å². The molecule has 9 nitrogen and oxygen atoms in total. The van der Waals surface area contributed by atoms with Gasteiger partial charge in [-0.1, -0.05) is 0 Å². The molecule has 0 unspecified atom stereocenters. The van der Waals surface area contributed by atoms with Gasteiger partial charge in [-0.05, 0) is 29.8 Å². The first-order valence-corrected chi connectivity index (χ1v) is 7.14. The van der Waals surface area contributed by atoms with Gasteiger partial charge in [-0.2, -0.15) is 5.10 Å². The van der Waals surface area contributed by atoms with Crippen LogP contribution in [0.5, 0.6) is 17.2 Å². The van der Waals surface area contributed by atoms with Crippen LogP contribution >= 0.6 is 0 Å². The highest BCUT2D eigenvalue weighted by atomic mass is 16.7. The lowest BCUT2D eigenvalue weighted by Gasteiger charge is -2.06. The Kier molecular flexibility index (Phi) is 4.46. The van der Waals surface area contributed by atoms with E-state index in [9.17, 15) is 14.9 Å². The average Bonchev–Trinajstić information content (AvgIpc) is 3.08. The van der Waals surface area contributed by atoms with Gasteiger partial charge in [-0.3, -0.25) is 14.9 Å². The zero-order valence-electron chi connectivity index (χ0n) is 13.1. The molecule has 9 heteroatoms. The lowest BCUT2D eigenvalue weighted by Crippen LogP contribution is -2.18. The number of nitrogens with zero attached hydrogens (tertiary/aromatic N) is 2. The Morgan fingerprint density at radius 1 is 1.28 bits per heavy atom. The van der Waals surface area contributed by atoms with Crippen LogP contribution in [0.1, 0.15) is 15.9 Å². The number of hydrogen-bond donors (Lipinski definition) is 1. The number of methoxy groups -OCH3 is 1. The summed E-state index contributed by atoms with van der Waals surface area (Å²) in [7, 11) is 1.37. The highest BCUT2D eigenvalue weighted by Crippen LogP contribution is 2.32.